The summed E-state index contributed by atoms with van der Waals surface area (Å²) < 4.78 is 36.7. The van der Waals surface area contributed by atoms with E-state index in [9.17, 15) is 17.6 Å². The van der Waals surface area contributed by atoms with Crippen LogP contribution in [-0.4, -0.2) is 25.1 Å². The fraction of sp³-hybridized carbons (Fsp3) is 0.143. The fourth-order valence-electron chi connectivity index (χ4n) is 1.67. The van der Waals surface area contributed by atoms with Crippen LogP contribution in [0, 0.1) is 5.82 Å². The number of halogens is 1. The van der Waals surface area contributed by atoms with Crippen LogP contribution >= 0.6 is 0 Å². The molecule has 0 bridgehead atoms. The molecule has 1 aromatic carbocycles. The Kier molecular flexibility index (Phi) is 4.32. The summed E-state index contributed by atoms with van der Waals surface area (Å²) >= 11 is 0. The molecule has 2 rings (SSSR count). The summed E-state index contributed by atoms with van der Waals surface area (Å²) in [5.41, 5.74) is 0.251. The molecule has 0 fully saturated rings. The number of hydrogen-bond acceptors (Lipinski definition) is 4. The second-order valence-electron chi connectivity index (χ2n) is 4.24. The van der Waals surface area contributed by atoms with Gasteiger partial charge in [0.25, 0.3) is 5.91 Å². The maximum atomic E-state index is 13.4. The van der Waals surface area contributed by atoms with Gasteiger partial charge in [0.15, 0.2) is 15.7 Å². The van der Waals surface area contributed by atoms with Crippen LogP contribution in [0.15, 0.2) is 47.6 Å². The molecular formula is C14H13FN2O3S. The zero-order valence-electron chi connectivity index (χ0n) is 11.2. The lowest BCUT2D eigenvalue weighted by Gasteiger charge is -2.07. The molecule has 0 unspecified atom stereocenters. The summed E-state index contributed by atoms with van der Waals surface area (Å²) in [5.74, 6) is -1.35. The average Bonchev–Trinajstić information content (AvgIpc) is 2.48. The topological polar surface area (TPSA) is 76.1 Å². The molecule has 0 spiro atoms. The number of nitrogens with one attached hydrogen (secondary N) is 1. The first-order valence-electron chi connectivity index (χ1n) is 6.17. The summed E-state index contributed by atoms with van der Waals surface area (Å²) in [6.45, 7) is 1.55. The van der Waals surface area contributed by atoms with E-state index < -0.39 is 21.6 Å². The number of aromatic nitrogens is 1. The Balaban J connectivity index is 2.18. The summed E-state index contributed by atoms with van der Waals surface area (Å²) in [5, 5.41) is 2.49. The first kappa shape index (κ1) is 15.1. The van der Waals surface area contributed by atoms with Crippen LogP contribution in [0.5, 0.6) is 0 Å². The highest BCUT2D eigenvalue weighted by molar-refractivity contribution is 7.91. The molecule has 1 heterocycles. The first-order valence-corrected chi connectivity index (χ1v) is 7.83. The van der Waals surface area contributed by atoms with Crippen molar-refractivity contribution in [2.24, 2.45) is 0 Å². The highest BCUT2D eigenvalue weighted by Crippen LogP contribution is 2.16. The Hall–Kier alpha value is -2.28. The van der Waals surface area contributed by atoms with Gasteiger partial charge >= 0.3 is 0 Å². The minimum Gasteiger partial charge on any atom is -0.322 e. The van der Waals surface area contributed by atoms with Gasteiger partial charge in [0.2, 0.25) is 0 Å². The van der Waals surface area contributed by atoms with Crippen LogP contribution in [-0.2, 0) is 9.84 Å². The van der Waals surface area contributed by atoms with Gasteiger partial charge in [0.1, 0.15) is 0 Å². The summed E-state index contributed by atoms with van der Waals surface area (Å²) in [7, 11) is -3.28. The van der Waals surface area contributed by atoms with Gasteiger partial charge in [-0.2, -0.15) is 0 Å². The standard InChI is InChI=1S/C14H13FN2O3S/c1-2-21(19,20)11-5-3-10(4-6-11)17-14(18)12-7-8-16-9-13(12)15/h3-9H,2H2,1H3,(H,17,18). The third-order valence-electron chi connectivity index (χ3n) is 2.87. The Morgan fingerprint density at radius 3 is 2.48 bits per heavy atom. The van der Waals surface area contributed by atoms with Crippen molar-refractivity contribution in [1.82, 2.24) is 4.98 Å². The summed E-state index contributed by atoms with van der Waals surface area (Å²) in [6, 6.07) is 6.98. The molecule has 0 radical (unpaired) electrons. The van der Waals surface area contributed by atoms with Gasteiger partial charge in [-0.1, -0.05) is 6.92 Å². The maximum Gasteiger partial charge on any atom is 0.258 e. The van der Waals surface area contributed by atoms with Crippen LogP contribution in [0.4, 0.5) is 10.1 Å². The molecule has 0 saturated heterocycles. The van der Waals surface area contributed by atoms with E-state index in [-0.39, 0.29) is 16.2 Å². The first-order chi connectivity index (χ1) is 9.94. The molecule has 0 atom stereocenters. The highest BCUT2D eigenvalue weighted by atomic mass is 32.2. The van der Waals surface area contributed by atoms with Crippen LogP contribution in [0.2, 0.25) is 0 Å². The smallest absolute Gasteiger partial charge is 0.258 e. The van der Waals surface area contributed by atoms with Crippen molar-refractivity contribution in [2.45, 2.75) is 11.8 Å². The van der Waals surface area contributed by atoms with E-state index in [1.807, 2.05) is 0 Å². The lowest BCUT2D eigenvalue weighted by molar-refractivity contribution is 0.102. The third kappa shape index (κ3) is 3.43. The van der Waals surface area contributed by atoms with E-state index in [2.05, 4.69) is 10.3 Å². The second kappa shape index (κ2) is 6.01. The largest absolute Gasteiger partial charge is 0.322 e. The minimum atomic E-state index is -3.28. The van der Waals surface area contributed by atoms with E-state index in [0.29, 0.717) is 5.69 Å². The van der Waals surface area contributed by atoms with Crippen molar-refractivity contribution < 1.29 is 17.6 Å². The van der Waals surface area contributed by atoms with Crippen molar-refractivity contribution in [3.63, 3.8) is 0 Å². The Morgan fingerprint density at radius 1 is 1.24 bits per heavy atom. The molecule has 0 aliphatic carbocycles. The minimum absolute atomic E-state index is 0.000925. The van der Waals surface area contributed by atoms with Crippen LogP contribution < -0.4 is 5.32 Å². The molecular weight excluding hydrogens is 295 g/mol. The van der Waals surface area contributed by atoms with Gasteiger partial charge in [0, 0.05) is 11.9 Å². The van der Waals surface area contributed by atoms with Crippen LogP contribution in [0.3, 0.4) is 0 Å². The SMILES string of the molecule is CCS(=O)(=O)c1ccc(NC(=O)c2ccncc2F)cc1. The molecule has 1 aromatic heterocycles. The number of hydrogen-bond donors (Lipinski definition) is 1. The number of benzene rings is 1. The summed E-state index contributed by atoms with van der Waals surface area (Å²) in [4.78, 5) is 15.6. The van der Waals surface area contributed by atoms with E-state index in [1.54, 1.807) is 6.92 Å². The molecule has 5 nitrogen and oxygen atoms in total. The lowest BCUT2D eigenvalue weighted by Crippen LogP contribution is -2.14. The number of carbonyl (C=O) groups is 1. The number of rotatable bonds is 4. The van der Waals surface area contributed by atoms with E-state index >= 15 is 0 Å². The fourth-order valence-corrected chi connectivity index (χ4v) is 2.55. The molecule has 110 valence electrons. The third-order valence-corrected chi connectivity index (χ3v) is 4.62. The van der Waals surface area contributed by atoms with E-state index in [4.69, 9.17) is 0 Å². The molecule has 21 heavy (non-hydrogen) atoms. The van der Waals surface area contributed by atoms with Crippen molar-refractivity contribution >= 4 is 21.4 Å². The number of sulfone groups is 1. The van der Waals surface area contributed by atoms with Crippen molar-refractivity contribution in [3.05, 3.63) is 54.1 Å². The zero-order chi connectivity index (χ0) is 15.5. The number of amides is 1. The van der Waals surface area contributed by atoms with Crippen LogP contribution in [0.1, 0.15) is 17.3 Å². The van der Waals surface area contributed by atoms with Crippen molar-refractivity contribution in [3.8, 4) is 0 Å². The maximum absolute atomic E-state index is 13.4. The second-order valence-corrected chi connectivity index (χ2v) is 6.52. The Morgan fingerprint density at radius 2 is 1.90 bits per heavy atom. The molecule has 1 N–H and O–H groups in total. The monoisotopic (exact) mass is 308 g/mol. The predicted molar refractivity (Wildman–Crippen MR) is 76.3 cm³/mol. The molecule has 0 saturated carbocycles. The van der Waals surface area contributed by atoms with Gasteiger partial charge in [0.05, 0.1) is 22.4 Å². The molecule has 1 amide bonds. The molecule has 2 aromatic rings. The average molecular weight is 308 g/mol. The van der Waals surface area contributed by atoms with E-state index in [1.165, 1.54) is 36.5 Å². The van der Waals surface area contributed by atoms with E-state index in [0.717, 1.165) is 6.20 Å². The quantitative estimate of drug-likeness (QED) is 0.940. The van der Waals surface area contributed by atoms with Gasteiger partial charge in [-0.05, 0) is 30.3 Å². The van der Waals surface area contributed by atoms with Crippen molar-refractivity contribution in [2.75, 3.05) is 11.1 Å². The molecule has 0 aliphatic heterocycles. The van der Waals surface area contributed by atoms with Gasteiger partial charge in [-0.3, -0.25) is 9.78 Å². The number of anilines is 1. The molecule has 7 heteroatoms. The summed E-state index contributed by atoms with van der Waals surface area (Å²) in [6.07, 6.45) is 2.26. The number of carbonyl (C=O) groups excluding carboxylic acids is 1. The van der Waals surface area contributed by atoms with Crippen molar-refractivity contribution in [1.29, 1.82) is 0 Å². The van der Waals surface area contributed by atoms with Gasteiger partial charge in [-0.25, -0.2) is 12.8 Å². The highest BCUT2D eigenvalue weighted by Gasteiger charge is 2.13. The van der Waals surface area contributed by atoms with Crippen LogP contribution in [0.25, 0.3) is 0 Å². The normalized spacial score (nSPS) is 11.1. The lowest BCUT2D eigenvalue weighted by atomic mass is 10.2. The number of nitrogens with zero attached hydrogens (tertiary/aromatic N) is 1. The zero-order valence-corrected chi connectivity index (χ0v) is 12.0. The Labute approximate surface area is 121 Å². The molecule has 0 aliphatic rings. The number of pyridine rings is 1. The Bertz CT molecular complexity index is 758. The van der Waals surface area contributed by atoms with Gasteiger partial charge in [-0.15, -0.1) is 0 Å². The van der Waals surface area contributed by atoms with Gasteiger partial charge < -0.3 is 5.32 Å². The predicted octanol–water partition coefficient (Wildman–Crippen LogP) is 2.27.